The molecule has 0 saturated carbocycles. The Bertz CT molecular complexity index is 1140. The first kappa shape index (κ1) is 22.3. The van der Waals surface area contributed by atoms with Gasteiger partial charge in [-0.05, 0) is 72.0 Å². The largest absolute Gasteiger partial charge is 0.508 e. The van der Waals surface area contributed by atoms with Gasteiger partial charge < -0.3 is 5.11 Å². The van der Waals surface area contributed by atoms with Crippen LogP contribution in [0.5, 0.6) is 5.75 Å². The predicted octanol–water partition coefficient (Wildman–Crippen LogP) is 3.45. The Hall–Kier alpha value is -1.96. The van der Waals surface area contributed by atoms with Gasteiger partial charge in [-0.25, -0.2) is 0 Å². The van der Waals surface area contributed by atoms with Crippen molar-refractivity contribution in [2.75, 3.05) is 0 Å². The summed E-state index contributed by atoms with van der Waals surface area (Å²) in [6, 6.07) is 11.0. The minimum Gasteiger partial charge on any atom is -0.508 e. The zero-order valence-electron chi connectivity index (χ0n) is 15.8. The van der Waals surface area contributed by atoms with Gasteiger partial charge in [-0.2, -0.15) is 8.42 Å². The molecule has 0 atom stereocenters. The molecule has 0 fully saturated rings. The van der Waals surface area contributed by atoms with Gasteiger partial charge in [-0.3, -0.25) is 9.35 Å². The van der Waals surface area contributed by atoms with Crippen molar-refractivity contribution in [2.24, 2.45) is 0 Å². The average Bonchev–Trinajstić information content (AvgIpc) is 2.61. The third-order valence-electron chi connectivity index (χ3n) is 4.38. The van der Waals surface area contributed by atoms with Crippen molar-refractivity contribution < 1.29 is 22.9 Å². The van der Waals surface area contributed by atoms with Gasteiger partial charge in [-0.15, -0.1) is 0 Å². The number of allylic oxidation sites excluding steroid dienone is 5. The van der Waals surface area contributed by atoms with E-state index >= 15 is 0 Å². The summed E-state index contributed by atoms with van der Waals surface area (Å²) < 4.78 is 33.5. The summed E-state index contributed by atoms with van der Waals surface area (Å²) in [5.74, 6) is -0.00435. The standard InChI is InChI=1S/C21H18O5S.Na/c1-13-11-15(7-9-18(13)22)21(16-8-10-19(23)14(2)12-16)17-5-3-4-6-20(17)27(24,25)26;/h3-12,22H,1-2H3,(H,24,25,26);/b21-16-;. The molecule has 1 aliphatic rings. The van der Waals surface area contributed by atoms with Crippen LogP contribution >= 0.6 is 0 Å². The van der Waals surface area contributed by atoms with Crippen LogP contribution in [0.2, 0.25) is 0 Å². The van der Waals surface area contributed by atoms with Gasteiger partial charge >= 0.3 is 0 Å². The molecule has 28 heavy (non-hydrogen) atoms. The summed E-state index contributed by atoms with van der Waals surface area (Å²) in [5.41, 5.74) is 3.27. The molecule has 0 aromatic heterocycles. The molecule has 5 nitrogen and oxygen atoms in total. The van der Waals surface area contributed by atoms with Crippen molar-refractivity contribution in [2.45, 2.75) is 18.7 Å². The van der Waals surface area contributed by atoms with E-state index in [0.29, 0.717) is 33.4 Å². The third-order valence-corrected chi connectivity index (χ3v) is 5.30. The maximum Gasteiger partial charge on any atom is 0.295 e. The smallest absolute Gasteiger partial charge is 0.295 e. The molecule has 0 saturated heterocycles. The van der Waals surface area contributed by atoms with Crippen LogP contribution in [0.15, 0.2) is 76.7 Å². The SMILES string of the molecule is CC1=C/C(=C(/c2ccc(O)c(C)c2)c2ccccc2S(=O)(=O)O)C=CC1=O.[Na]. The van der Waals surface area contributed by atoms with E-state index in [1.165, 1.54) is 24.3 Å². The maximum atomic E-state index is 11.9. The minimum absolute atomic E-state index is 0. The number of carbonyl (C=O) groups excluding carboxylic acids is 1. The van der Waals surface area contributed by atoms with Crippen molar-refractivity contribution in [3.8, 4) is 5.75 Å². The summed E-state index contributed by atoms with van der Waals surface area (Å²) in [6.45, 7) is 3.41. The van der Waals surface area contributed by atoms with Crippen molar-refractivity contribution in [1.29, 1.82) is 0 Å². The Morgan fingerprint density at radius 1 is 1.00 bits per heavy atom. The van der Waals surface area contributed by atoms with Crippen molar-refractivity contribution in [3.63, 3.8) is 0 Å². The van der Waals surface area contributed by atoms with Gasteiger partial charge in [0.2, 0.25) is 0 Å². The number of aryl methyl sites for hydroxylation is 1. The molecule has 2 aromatic rings. The fourth-order valence-corrected chi connectivity index (χ4v) is 3.69. The quantitative estimate of drug-likeness (QED) is 0.603. The van der Waals surface area contributed by atoms with Crippen LogP contribution < -0.4 is 0 Å². The number of carbonyl (C=O) groups is 1. The number of rotatable bonds is 3. The number of ketones is 1. The molecule has 2 aromatic carbocycles. The zero-order valence-corrected chi connectivity index (χ0v) is 18.6. The summed E-state index contributed by atoms with van der Waals surface area (Å²) in [5, 5.41) is 9.84. The average molecular weight is 405 g/mol. The fraction of sp³-hybridized carbons (Fsp3) is 0.0952. The number of aromatic hydroxyl groups is 1. The number of benzene rings is 2. The molecule has 1 radical (unpaired) electrons. The number of hydrogen-bond donors (Lipinski definition) is 2. The second-order valence-electron chi connectivity index (χ2n) is 6.33. The van der Waals surface area contributed by atoms with Crippen molar-refractivity contribution in [3.05, 3.63) is 88.5 Å². The Labute approximate surface area is 186 Å². The molecule has 0 amide bonds. The summed E-state index contributed by atoms with van der Waals surface area (Å²) in [4.78, 5) is 11.6. The molecule has 0 spiro atoms. The zero-order chi connectivity index (χ0) is 19.8. The molecular formula is C21H18NaO5S. The van der Waals surface area contributed by atoms with Crippen LogP contribution in [0.1, 0.15) is 23.6 Å². The molecule has 3 rings (SSSR count). The monoisotopic (exact) mass is 405 g/mol. The summed E-state index contributed by atoms with van der Waals surface area (Å²) >= 11 is 0. The molecule has 0 unspecified atom stereocenters. The fourth-order valence-electron chi connectivity index (χ4n) is 2.99. The van der Waals surface area contributed by atoms with E-state index < -0.39 is 10.1 Å². The van der Waals surface area contributed by atoms with E-state index in [1.807, 2.05) is 0 Å². The van der Waals surface area contributed by atoms with Gasteiger partial charge in [0.15, 0.2) is 5.78 Å². The molecule has 2 N–H and O–H groups in total. The first-order valence-corrected chi connectivity index (χ1v) is 9.64. The third kappa shape index (κ3) is 4.54. The van der Waals surface area contributed by atoms with E-state index in [-0.39, 0.29) is 46.0 Å². The van der Waals surface area contributed by atoms with E-state index in [9.17, 15) is 22.9 Å². The second-order valence-corrected chi connectivity index (χ2v) is 7.72. The number of phenolic OH excluding ortho intramolecular Hbond substituents is 1. The molecule has 0 aliphatic heterocycles. The van der Waals surface area contributed by atoms with Crippen LogP contribution in [-0.4, -0.2) is 53.4 Å². The maximum absolute atomic E-state index is 11.9. The Morgan fingerprint density at radius 3 is 2.29 bits per heavy atom. The van der Waals surface area contributed by atoms with E-state index in [0.717, 1.165) is 0 Å². The number of phenols is 1. The molecule has 0 bridgehead atoms. The molecule has 7 heteroatoms. The first-order chi connectivity index (χ1) is 12.7. The van der Waals surface area contributed by atoms with Gasteiger partial charge in [0, 0.05) is 35.1 Å². The molecule has 0 heterocycles. The van der Waals surface area contributed by atoms with Crippen molar-refractivity contribution in [1.82, 2.24) is 0 Å². The Morgan fingerprint density at radius 2 is 1.68 bits per heavy atom. The van der Waals surface area contributed by atoms with Crippen LogP contribution in [-0.2, 0) is 14.9 Å². The summed E-state index contributed by atoms with van der Waals surface area (Å²) in [6.07, 6.45) is 4.72. The Balaban J connectivity index is 0.00000280. The van der Waals surface area contributed by atoms with Gasteiger partial charge in [-0.1, -0.05) is 30.3 Å². The second kappa shape index (κ2) is 8.59. The van der Waals surface area contributed by atoms with Crippen LogP contribution in [0.25, 0.3) is 5.57 Å². The first-order valence-electron chi connectivity index (χ1n) is 8.20. The van der Waals surface area contributed by atoms with E-state index in [4.69, 9.17) is 0 Å². The van der Waals surface area contributed by atoms with Crippen LogP contribution in [0, 0.1) is 6.92 Å². The van der Waals surface area contributed by atoms with Crippen molar-refractivity contribution >= 4 is 51.0 Å². The predicted molar refractivity (Wildman–Crippen MR) is 109 cm³/mol. The van der Waals surface area contributed by atoms with Gasteiger partial charge in [0.25, 0.3) is 10.1 Å². The Kier molecular flexibility index (Phi) is 6.85. The van der Waals surface area contributed by atoms with Crippen LogP contribution in [0.3, 0.4) is 0 Å². The minimum atomic E-state index is -4.46. The number of hydrogen-bond acceptors (Lipinski definition) is 4. The summed E-state index contributed by atoms with van der Waals surface area (Å²) in [7, 11) is -4.46. The topological polar surface area (TPSA) is 91.7 Å². The van der Waals surface area contributed by atoms with Gasteiger partial charge in [0.1, 0.15) is 10.6 Å². The molecule has 139 valence electrons. The normalized spacial score (nSPS) is 15.7. The molecule has 1 aliphatic carbocycles. The van der Waals surface area contributed by atoms with Crippen LogP contribution in [0.4, 0.5) is 0 Å². The van der Waals surface area contributed by atoms with Gasteiger partial charge in [0.05, 0.1) is 0 Å². The molecular weight excluding hydrogens is 387 g/mol. The van der Waals surface area contributed by atoms with E-state index in [1.54, 1.807) is 50.3 Å². The van der Waals surface area contributed by atoms with E-state index in [2.05, 4.69) is 0 Å².